The maximum Gasteiger partial charge on any atom is 0.243 e. The number of rotatable bonds is 5. The molecule has 2 aromatic rings. The van der Waals surface area contributed by atoms with E-state index in [9.17, 15) is 22.0 Å². The van der Waals surface area contributed by atoms with Gasteiger partial charge < -0.3 is 10.2 Å². The summed E-state index contributed by atoms with van der Waals surface area (Å²) in [6.07, 6.45) is 1.74. The monoisotopic (exact) mass is 449 g/mol. The molecule has 0 aromatic heterocycles. The fourth-order valence-corrected chi connectivity index (χ4v) is 5.85. The minimum atomic E-state index is -3.53. The van der Waals surface area contributed by atoms with Gasteiger partial charge in [-0.25, -0.2) is 17.2 Å². The lowest BCUT2D eigenvalue weighted by Crippen LogP contribution is -2.35. The van der Waals surface area contributed by atoms with Crippen molar-refractivity contribution in [2.24, 2.45) is 0 Å². The fourth-order valence-electron chi connectivity index (χ4n) is 4.31. The first-order valence-electron chi connectivity index (χ1n) is 10.2. The highest BCUT2D eigenvalue weighted by Gasteiger charge is 2.37. The van der Waals surface area contributed by atoms with Crippen molar-refractivity contribution in [3.05, 3.63) is 53.6 Å². The van der Waals surface area contributed by atoms with Gasteiger partial charge in [-0.2, -0.15) is 4.31 Å². The van der Waals surface area contributed by atoms with Crippen LogP contribution in [-0.2, 0) is 20.2 Å². The van der Waals surface area contributed by atoms with Crippen molar-refractivity contribution < 1.29 is 22.0 Å². The van der Waals surface area contributed by atoms with E-state index in [4.69, 9.17) is 0 Å². The number of hydrogen-bond acceptors (Lipinski definition) is 4. The molecule has 2 heterocycles. The maximum atomic E-state index is 13.4. The second kappa shape index (κ2) is 7.87. The average molecular weight is 450 g/mol. The van der Waals surface area contributed by atoms with Crippen LogP contribution < -0.4 is 10.2 Å². The Labute approximate surface area is 180 Å². The molecular formula is C22H25F2N3O3S. The van der Waals surface area contributed by atoms with Crippen LogP contribution in [0.2, 0.25) is 0 Å². The largest absolute Gasteiger partial charge is 0.361 e. The quantitative estimate of drug-likeness (QED) is 0.759. The van der Waals surface area contributed by atoms with Gasteiger partial charge >= 0.3 is 0 Å². The molecule has 0 atom stereocenters. The third-order valence-corrected chi connectivity index (χ3v) is 7.76. The molecule has 1 amide bonds. The highest BCUT2D eigenvalue weighted by molar-refractivity contribution is 7.89. The van der Waals surface area contributed by atoms with Crippen LogP contribution in [0.25, 0.3) is 0 Å². The number of nitrogens with one attached hydrogen (secondary N) is 1. The van der Waals surface area contributed by atoms with E-state index < -0.39 is 21.7 Å². The molecule has 166 valence electrons. The van der Waals surface area contributed by atoms with Crippen LogP contribution in [-0.4, -0.2) is 44.8 Å². The number of anilines is 2. The van der Waals surface area contributed by atoms with Crippen LogP contribution in [0.3, 0.4) is 0 Å². The van der Waals surface area contributed by atoms with E-state index in [1.807, 2.05) is 18.7 Å². The minimum Gasteiger partial charge on any atom is -0.361 e. The molecule has 1 saturated heterocycles. The Kier molecular flexibility index (Phi) is 5.51. The minimum absolute atomic E-state index is 0.00759. The lowest BCUT2D eigenvalue weighted by Gasteiger charge is -2.22. The number of halogens is 2. The Morgan fingerprint density at radius 3 is 2.45 bits per heavy atom. The van der Waals surface area contributed by atoms with Gasteiger partial charge in [-0.3, -0.25) is 4.79 Å². The van der Waals surface area contributed by atoms with E-state index >= 15 is 0 Å². The van der Waals surface area contributed by atoms with Crippen LogP contribution >= 0.6 is 0 Å². The van der Waals surface area contributed by atoms with E-state index in [0.29, 0.717) is 19.6 Å². The molecule has 2 aliphatic heterocycles. The zero-order chi connectivity index (χ0) is 22.4. The molecule has 1 N–H and O–H groups in total. The molecule has 31 heavy (non-hydrogen) atoms. The van der Waals surface area contributed by atoms with Crippen molar-refractivity contribution in [1.82, 2.24) is 4.31 Å². The van der Waals surface area contributed by atoms with Crippen molar-refractivity contribution in [3.63, 3.8) is 0 Å². The van der Waals surface area contributed by atoms with E-state index in [0.717, 1.165) is 36.2 Å². The normalized spacial score (nSPS) is 18.3. The first-order chi connectivity index (χ1) is 14.6. The van der Waals surface area contributed by atoms with Crippen LogP contribution in [0.1, 0.15) is 32.3 Å². The number of nitrogens with zero attached hydrogens (tertiary/aromatic N) is 2. The molecule has 2 aliphatic rings. The molecule has 0 bridgehead atoms. The Hall–Kier alpha value is -2.52. The lowest BCUT2D eigenvalue weighted by atomic mass is 9.87. The molecule has 2 aromatic carbocycles. The van der Waals surface area contributed by atoms with E-state index in [2.05, 4.69) is 5.32 Å². The van der Waals surface area contributed by atoms with Crippen molar-refractivity contribution >= 4 is 27.3 Å². The summed E-state index contributed by atoms with van der Waals surface area (Å²) in [5.41, 5.74) is 1.49. The summed E-state index contributed by atoms with van der Waals surface area (Å²) < 4.78 is 53.9. The molecule has 6 nitrogen and oxygen atoms in total. The molecule has 0 radical (unpaired) electrons. The molecule has 0 aliphatic carbocycles. The second-order valence-corrected chi connectivity index (χ2v) is 10.6. The number of benzene rings is 2. The summed E-state index contributed by atoms with van der Waals surface area (Å²) in [6, 6.07) is 8.25. The smallest absolute Gasteiger partial charge is 0.243 e. The van der Waals surface area contributed by atoms with Crippen molar-refractivity contribution in [2.75, 3.05) is 36.4 Å². The van der Waals surface area contributed by atoms with E-state index in [1.54, 1.807) is 18.2 Å². The number of fused-ring (bicyclic) bond motifs is 1. The van der Waals surface area contributed by atoms with Crippen molar-refractivity contribution in [2.45, 2.75) is 37.0 Å². The van der Waals surface area contributed by atoms with Gasteiger partial charge in [-0.05, 0) is 48.7 Å². The van der Waals surface area contributed by atoms with Crippen LogP contribution in [0.5, 0.6) is 0 Å². The van der Waals surface area contributed by atoms with Crippen molar-refractivity contribution in [1.29, 1.82) is 0 Å². The first-order valence-corrected chi connectivity index (χ1v) is 11.7. The predicted octanol–water partition coefficient (Wildman–Crippen LogP) is 3.49. The number of carbonyl (C=O) groups excluding carboxylic acids is 1. The number of hydrogen-bond donors (Lipinski definition) is 1. The standard InChI is InChI=1S/C22H25F2N3O3S/c1-22(2)14-26(13-21(28)25-15-5-7-18(23)19(24)11-15)20-8-6-16(12-17(20)22)31(29,30)27-9-3-4-10-27/h5-8,11-12H,3-4,9-10,13-14H2,1-2H3,(H,25,28). The van der Waals surface area contributed by atoms with Crippen molar-refractivity contribution in [3.8, 4) is 0 Å². The number of amides is 1. The predicted molar refractivity (Wildman–Crippen MR) is 115 cm³/mol. The van der Waals surface area contributed by atoms with E-state index in [1.165, 1.54) is 10.4 Å². The summed E-state index contributed by atoms with van der Waals surface area (Å²) in [4.78, 5) is 14.7. The number of sulfonamides is 1. The van der Waals surface area contributed by atoms with Gasteiger partial charge in [0, 0.05) is 42.5 Å². The SMILES string of the molecule is CC1(C)CN(CC(=O)Nc2ccc(F)c(F)c2)c2ccc(S(=O)(=O)N3CCCC3)cc21. The van der Waals surface area contributed by atoms with Gasteiger partial charge in [0.2, 0.25) is 15.9 Å². The molecule has 0 unspecified atom stereocenters. The summed E-state index contributed by atoms with van der Waals surface area (Å²) in [5.74, 6) is -2.38. The third kappa shape index (κ3) is 4.16. The van der Waals surface area contributed by atoms with Crippen LogP contribution in [0.4, 0.5) is 20.2 Å². The molecule has 0 saturated carbocycles. The van der Waals surface area contributed by atoms with Gasteiger partial charge in [-0.1, -0.05) is 13.8 Å². The van der Waals surface area contributed by atoms with Crippen LogP contribution in [0, 0.1) is 11.6 Å². The van der Waals surface area contributed by atoms with Crippen LogP contribution in [0.15, 0.2) is 41.3 Å². The zero-order valence-corrected chi connectivity index (χ0v) is 18.3. The van der Waals surface area contributed by atoms with Gasteiger partial charge in [-0.15, -0.1) is 0 Å². The molecule has 0 spiro atoms. The Balaban J connectivity index is 1.55. The third-order valence-electron chi connectivity index (χ3n) is 5.86. The highest BCUT2D eigenvalue weighted by Crippen LogP contribution is 2.41. The topological polar surface area (TPSA) is 69.7 Å². The molecule has 9 heteroatoms. The second-order valence-electron chi connectivity index (χ2n) is 8.71. The average Bonchev–Trinajstić information content (AvgIpc) is 3.32. The first kappa shape index (κ1) is 21.7. The van der Waals surface area contributed by atoms with Gasteiger partial charge in [0.1, 0.15) is 0 Å². The Morgan fingerprint density at radius 1 is 1.06 bits per heavy atom. The molecular weight excluding hydrogens is 424 g/mol. The highest BCUT2D eigenvalue weighted by atomic mass is 32.2. The molecule has 4 rings (SSSR count). The Morgan fingerprint density at radius 2 is 1.77 bits per heavy atom. The fraction of sp³-hybridized carbons (Fsp3) is 0.409. The van der Waals surface area contributed by atoms with Gasteiger partial charge in [0.15, 0.2) is 11.6 Å². The zero-order valence-electron chi connectivity index (χ0n) is 17.5. The summed E-state index contributed by atoms with van der Waals surface area (Å²) in [7, 11) is -3.53. The maximum absolute atomic E-state index is 13.4. The lowest BCUT2D eigenvalue weighted by molar-refractivity contribution is -0.115. The number of carbonyl (C=O) groups is 1. The summed E-state index contributed by atoms with van der Waals surface area (Å²) >= 11 is 0. The van der Waals surface area contributed by atoms with Gasteiger partial charge in [0.05, 0.1) is 11.4 Å². The Bertz CT molecular complexity index is 1130. The van der Waals surface area contributed by atoms with E-state index in [-0.39, 0.29) is 28.4 Å². The summed E-state index contributed by atoms with van der Waals surface area (Å²) in [6.45, 7) is 5.63. The van der Waals surface area contributed by atoms with Gasteiger partial charge in [0.25, 0.3) is 0 Å². The molecule has 1 fully saturated rings. The summed E-state index contributed by atoms with van der Waals surface area (Å²) in [5, 5.41) is 2.58.